The van der Waals surface area contributed by atoms with Gasteiger partial charge in [0, 0.05) is 0 Å². The van der Waals surface area contributed by atoms with E-state index in [1.165, 1.54) is 0 Å². The highest BCUT2D eigenvalue weighted by molar-refractivity contribution is 6.44. The summed E-state index contributed by atoms with van der Waals surface area (Å²) in [7, 11) is 0. The molecule has 0 aromatic rings. The molecule has 4 N–H and O–H groups in total. The highest BCUT2D eigenvalue weighted by Gasteiger charge is 2.01. The minimum Gasteiger partial charge on any atom is -0.323 e. The van der Waals surface area contributed by atoms with Crippen LogP contribution in [0.3, 0.4) is 0 Å². The Labute approximate surface area is 154 Å². The topological polar surface area (TPSA) is 151 Å². The van der Waals surface area contributed by atoms with Gasteiger partial charge in [-0.3, -0.25) is 0 Å². The SMILES string of the molecule is CC(=NN)C(C)=NN=C(C)C(C)=NN=C(C)C(C)=NN=C(C)C(C)=NN. The number of hydrazone groups is 2. The summed E-state index contributed by atoms with van der Waals surface area (Å²) < 4.78 is 0. The number of hydrogen-bond donors (Lipinski definition) is 2. The highest BCUT2D eigenvalue weighted by Crippen LogP contribution is 1.94. The Morgan fingerprint density at radius 1 is 0.346 bits per heavy atom. The van der Waals surface area contributed by atoms with Gasteiger partial charge >= 0.3 is 0 Å². The van der Waals surface area contributed by atoms with Crippen molar-refractivity contribution in [2.45, 2.75) is 55.4 Å². The van der Waals surface area contributed by atoms with E-state index < -0.39 is 0 Å². The Morgan fingerprint density at radius 2 is 0.500 bits per heavy atom. The Balaban J connectivity index is 5.31. The fraction of sp³-hybridized carbons (Fsp3) is 0.500. The molecule has 0 atom stereocenters. The normalized spacial score (nSPS) is 17.1. The van der Waals surface area contributed by atoms with Gasteiger partial charge in [-0.2, -0.15) is 40.8 Å². The smallest absolute Gasteiger partial charge is 0.0829 e. The van der Waals surface area contributed by atoms with E-state index in [1.54, 1.807) is 55.4 Å². The standard InChI is InChI=1S/C16H28N10/c1-9(19-17)11(3)21-23-13(5)15(7)25-26-16(8)14(6)24-22-12(4)10(2)20-18/h17-18H2,1-8H3. The molecule has 26 heavy (non-hydrogen) atoms. The van der Waals surface area contributed by atoms with Gasteiger partial charge in [-0.1, -0.05) is 0 Å². The van der Waals surface area contributed by atoms with Gasteiger partial charge in [-0.15, -0.1) is 0 Å². The molecule has 0 radical (unpaired) electrons. The van der Waals surface area contributed by atoms with Gasteiger partial charge in [0.05, 0.1) is 45.7 Å². The molecule has 0 aliphatic rings. The first kappa shape index (κ1) is 23.0. The summed E-state index contributed by atoms with van der Waals surface area (Å²) in [5.41, 5.74) is 5.00. The average molecular weight is 360 g/mol. The van der Waals surface area contributed by atoms with Gasteiger partial charge < -0.3 is 11.7 Å². The molecule has 0 heterocycles. The summed E-state index contributed by atoms with van der Waals surface area (Å²) in [5.74, 6) is 10.4. The molecule has 0 saturated heterocycles. The largest absolute Gasteiger partial charge is 0.323 e. The zero-order valence-electron chi connectivity index (χ0n) is 16.7. The molecule has 0 saturated carbocycles. The Morgan fingerprint density at radius 3 is 0.654 bits per heavy atom. The first-order chi connectivity index (χ1) is 12.1. The van der Waals surface area contributed by atoms with Crippen molar-refractivity contribution in [1.29, 1.82) is 0 Å². The van der Waals surface area contributed by atoms with Crippen LogP contribution in [0, 0.1) is 0 Å². The van der Waals surface area contributed by atoms with E-state index in [0.717, 1.165) is 0 Å². The van der Waals surface area contributed by atoms with Crippen molar-refractivity contribution in [3.63, 3.8) is 0 Å². The third-order valence-electron chi connectivity index (χ3n) is 3.53. The second kappa shape index (κ2) is 11.5. The molecule has 0 aliphatic heterocycles. The molecular formula is C16H28N10. The van der Waals surface area contributed by atoms with Crippen molar-refractivity contribution in [3.05, 3.63) is 0 Å². The van der Waals surface area contributed by atoms with E-state index in [1.807, 2.05) is 0 Å². The van der Waals surface area contributed by atoms with Crippen molar-refractivity contribution < 1.29 is 0 Å². The second-order valence-corrected chi connectivity index (χ2v) is 5.54. The van der Waals surface area contributed by atoms with Crippen LogP contribution in [0.1, 0.15) is 55.4 Å². The Kier molecular flexibility index (Phi) is 10.2. The minimum absolute atomic E-state index is 0.614. The fourth-order valence-electron chi connectivity index (χ4n) is 1.07. The van der Waals surface area contributed by atoms with Crippen LogP contribution in [0.4, 0.5) is 0 Å². The number of nitrogens with two attached hydrogens (primary N) is 2. The van der Waals surface area contributed by atoms with E-state index in [4.69, 9.17) is 11.7 Å². The molecule has 0 rings (SSSR count). The van der Waals surface area contributed by atoms with Crippen molar-refractivity contribution in [3.8, 4) is 0 Å². The van der Waals surface area contributed by atoms with Crippen LogP contribution in [-0.4, -0.2) is 45.7 Å². The van der Waals surface area contributed by atoms with Gasteiger partial charge in [0.1, 0.15) is 0 Å². The number of hydrogen-bond acceptors (Lipinski definition) is 10. The van der Waals surface area contributed by atoms with Crippen molar-refractivity contribution >= 4 is 45.7 Å². The lowest BCUT2D eigenvalue weighted by molar-refractivity contribution is 1.19. The zero-order valence-corrected chi connectivity index (χ0v) is 16.7. The summed E-state index contributed by atoms with van der Waals surface area (Å²) in [6.45, 7) is 14.2. The third kappa shape index (κ3) is 8.18. The summed E-state index contributed by atoms with van der Waals surface area (Å²) in [4.78, 5) is 0. The molecule has 0 amide bonds. The van der Waals surface area contributed by atoms with Crippen molar-refractivity contribution in [1.82, 2.24) is 0 Å². The monoisotopic (exact) mass is 360 g/mol. The van der Waals surface area contributed by atoms with Crippen LogP contribution >= 0.6 is 0 Å². The molecule has 0 unspecified atom stereocenters. The van der Waals surface area contributed by atoms with Crippen LogP contribution in [-0.2, 0) is 0 Å². The lowest BCUT2D eigenvalue weighted by atomic mass is 10.3. The molecule has 0 fully saturated rings. The average Bonchev–Trinajstić information content (AvgIpc) is 2.65. The summed E-state index contributed by atoms with van der Waals surface area (Å²) in [6.07, 6.45) is 0. The van der Waals surface area contributed by atoms with Crippen molar-refractivity contribution in [2.24, 2.45) is 52.5 Å². The van der Waals surface area contributed by atoms with E-state index in [-0.39, 0.29) is 0 Å². The molecule has 142 valence electrons. The maximum atomic E-state index is 5.20. The minimum atomic E-state index is 0.614. The predicted octanol–water partition coefficient (Wildman–Crippen LogP) is 2.17. The number of rotatable bonds is 7. The maximum Gasteiger partial charge on any atom is 0.0829 e. The molecule has 10 heteroatoms. The fourth-order valence-corrected chi connectivity index (χ4v) is 1.07. The van der Waals surface area contributed by atoms with Crippen LogP contribution in [0.15, 0.2) is 40.8 Å². The van der Waals surface area contributed by atoms with E-state index in [2.05, 4.69) is 40.8 Å². The first-order valence-electron chi connectivity index (χ1n) is 7.91. The Bertz CT molecular complexity index is 681. The predicted molar refractivity (Wildman–Crippen MR) is 113 cm³/mol. The molecule has 10 nitrogen and oxygen atoms in total. The van der Waals surface area contributed by atoms with Crippen LogP contribution in [0.5, 0.6) is 0 Å². The summed E-state index contributed by atoms with van der Waals surface area (Å²) in [6, 6.07) is 0. The maximum absolute atomic E-state index is 5.20. The van der Waals surface area contributed by atoms with Crippen LogP contribution < -0.4 is 11.7 Å². The zero-order chi connectivity index (χ0) is 20.3. The molecule has 0 aliphatic carbocycles. The van der Waals surface area contributed by atoms with Gasteiger partial charge in [0.25, 0.3) is 0 Å². The van der Waals surface area contributed by atoms with Crippen LogP contribution in [0.2, 0.25) is 0 Å². The molecule has 0 bridgehead atoms. The molecule has 0 aromatic heterocycles. The van der Waals surface area contributed by atoms with E-state index in [9.17, 15) is 0 Å². The third-order valence-corrected chi connectivity index (χ3v) is 3.53. The van der Waals surface area contributed by atoms with E-state index in [0.29, 0.717) is 45.7 Å². The highest BCUT2D eigenvalue weighted by atomic mass is 15.3. The first-order valence-corrected chi connectivity index (χ1v) is 7.91. The van der Waals surface area contributed by atoms with Crippen molar-refractivity contribution in [2.75, 3.05) is 0 Å². The van der Waals surface area contributed by atoms with Gasteiger partial charge in [0.15, 0.2) is 0 Å². The second-order valence-electron chi connectivity index (χ2n) is 5.54. The van der Waals surface area contributed by atoms with E-state index >= 15 is 0 Å². The lowest BCUT2D eigenvalue weighted by Crippen LogP contribution is -2.10. The molecule has 0 spiro atoms. The molecule has 0 aromatic carbocycles. The van der Waals surface area contributed by atoms with Gasteiger partial charge in [-0.25, -0.2) is 0 Å². The lowest BCUT2D eigenvalue weighted by Gasteiger charge is -1.99. The van der Waals surface area contributed by atoms with Gasteiger partial charge in [0.2, 0.25) is 0 Å². The summed E-state index contributed by atoms with van der Waals surface area (Å²) >= 11 is 0. The van der Waals surface area contributed by atoms with Gasteiger partial charge in [-0.05, 0) is 55.4 Å². The number of nitrogens with zero attached hydrogens (tertiary/aromatic N) is 8. The van der Waals surface area contributed by atoms with Crippen LogP contribution in [0.25, 0.3) is 0 Å². The summed E-state index contributed by atoms with van der Waals surface area (Å²) in [5, 5.41) is 31.7. The Hall–Kier alpha value is -3.04. The molecular weight excluding hydrogens is 332 g/mol. The quantitative estimate of drug-likeness (QED) is 0.406.